The Balaban J connectivity index is 2.00. The van der Waals surface area contributed by atoms with Crippen LogP contribution in [-0.2, 0) is 0 Å². The van der Waals surface area contributed by atoms with E-state index in [1.54, 1.807) is 56.9 Å². The molecule has 3 rings (SSSR count). The van der Waals surface area contributed by atoms with Gasteiger partial charge in [-0.05, 0) is 42.8 Å². The molecule has 0 radical (unpaired) electrons. The maximum absolute atomic E-state index is 14.3. The van der Waals surface area contributed by atoms with Gasteiger partial charge in [-0.15, -0.1) is 0 Å². The van der Waals surface area contributed by atoms with Crippen molar-refractivity contribution >= 4 is 0 Å². The van der Waals surface area contributed by atoms with Crippen molar-refractivity contribution in [2.24, 2.45) is 0 Å². The monoisotopic (exact) mass is 340 g/mol. The van der Waals surface area contributed by atoms with Gasteiger partial charge in [0.2, 0.25) is 5.88 Å². The fourth-order valence-corrected chi connectivity index (χ4v) is 2.40. The Hall–Kier alpha value is -2.99. The summed E-state index contributed by atoms with van der Waals surface area (Å²) in [4.78, 5) is 8.30. The normalized spacial score (nSPS) is 11.8. The molecule has 1 N–H and O–H groups in total. The third-order valence-electron chi connectivity index (χ3n) is 3.71. The van der Waals surface area contributed by atoms with Crippen molar-refractivity contribution in [1.82, 2.24) is 9.97 Å². The molecule has 0 aliphatic heterocycles. The quantitative estimate of drug-likeness (QED) is 0.756. The Kier molecular flexibility index (Phi) is 4.90. The number of benzene rings is 1. The van der Waals surface area contributed by atoms with E-state index in [4.69, 9.17) is 9.47 Å². The number of aliphatic hydroxyl groups is 1. The van der Waals surface area contributed by atoms with Crippen LogP contribution in [0.15, 0.2) is 55.0 Å². The lowest BCUT2D eigenvalue weighted by atomic mass is 10.1. The molecule has 128 valence electrons. The fraction of sp³-hybridized carbons (Fsp3) is 0.158. The average molecular weight is 340 g/mol. The van der Waals surface area contributed by atoms with Crippen molar-refractivity contribution in [2.75, 3.05) is 7.11 Å². The van der Waals surface area contributed by atoms with Crippen LogP contribution in [0.2, 0.25) is 0 Å². The van der Waals surface area contributed by atoms with Crippen LogP contribution < -0.4 is 9.47 Å². The number of aromatic nitrogens is 2. The molecular weight excluding hydrogens is 323 g/mol. The first-order valence-corrected chi connectivity index (χ1v) is 7.69. The number of rotatable bonds is 5. The zero-order valence-corrected chi connectivity index (χ0v) is 13.8. The number of pyridine rings is 2. The van der Waals surface area contributed by atoms with Gasteiger partial charge < -0.3 is 14.6 Å². The first-order chi connectivity index (χ1) is 12.1. The topological polar surface area (TPSA) is 64.5 Å². The van der Waals surface area contributed by atoms with Crippen LogP contribution in [0.1, 0.15) is 18.6 Å². The van der Waals surface area contributed by atoms with Gasteiger partial charge in [0.25, 0.3) is 0 Å². The van der Waals surface area contributed by atoms with E-state index < -0.39 is 11.9 Å². The Bertz CT molecular complexity index is 884. The summed E-state index contributed by atoms with van der Waals surface area (Å²) in [6, 6.07) is 9.59. The van der Waals surface area contributed by atoms with Gasteiger partial charge in [0, 0.05) is 29.7 Å². The van der Waals surface area contributed by atoms with E-state index in [1.807, 2.05) is 0 Å². The van der Waals surface area contributed by atoms with E-state index in [0.717, 1.165) is 0 Å². The first-order valence-electron chi connectivity index (χ1n) is 7.69. The second-order valence-electron chi connectivity index (χ2n) is 5.40. The molecule has 0 amide bonds. The van der Waals surface area contributed by atoms with E-state index >= 15 is 0 Å². The summed E-state index contributed by atoms with van der Waals surface area (Å²) in [5.74, 6) is 0.288. The molecule has 0 aliphatic rings. The van der Waals surface area contributed by atoms with E-state index in [-0.39, 0.29) is 11.6 Å². The van der Waals surface area contributed by atoms with Gasteiger partial charge >= 0.3 is 0 Å². The minimum Gasteiger partial charge on any atom is -0.496 e. The summed E-state index contributed by atoms with van der Waals surface area (Å²) in [5.41, 5.74) is 1.79. The number of methoxy groups -OCH3 is 1. The highest BCUT2D eigenvalue weighted by Crippen LogP contribution is 2.36. The lowest BCUT2D eigenvalue weighted by molar-refractivity contribution is 0.198. The highest BCUT2D eigenvalue weighted by Gasteiger charge is 2.15. The minimum absolute atomic E-state index is 0.0206. The summed E-state index contributed by atoms with van der Waals surface area (Å²) < 4.78 is 25.3. The van der Waals surface area contributed by atoms with Crippen molar-refractivity contribution < 1.29 is 19.0 Å². The maximum Gasteiger partial charge on any atom is 0.227 e. The van der Waals surface area contributed by atoms with Crippen molar-refractivity contribution in [3.05, 3.63) is 66.4 Å². The number of hydrogen-bond acceptors (Lipinski definition) is 5. The van der Waals surface area contributed by atoms with Crippen LogP contribution in [0.4, 0.5) is 4.39 Å². The van der Waals surface area contributed by atoms with Gasteiger partial charge in [0.1, 0.15) is 5.75 Å². The molecular formula is C19H17FN2O3. The fourth-order valence-electron chi connectivity index (χ4n) is 2.40. The highest BCUT2D eigenvalue weighted by atomic mass is 19.1. The average Bonchev–Trinajstić information content (AvgIpc) is 2.63. The van der Waals surface area contributed by atoms with Crippen molar-refractivity contribution in [1.29, 1.82) is 0 Å². The second-order valence-corrected chi connectivity index (χ2v) is 5.40. The summed E-state index contributed by atoms with van der Waals surface area (Å²) in [5, 5.41) is 9.54. The van der Waals surface area contributed by atoms with Gasteiger partial charge in [-0.25, -0.2) is 9.37 Å². The van der Waals surface area contributed by atoms with Crippen LogP contribution in [0, 0.1) is 5.82 Å². The largest absolute Gasteiger partial charge is 0.496 e. The van der Waals surface area contributed by atoms with Crippen molar-refractivity contribution in [2.45, 2.75) is 13.0 Å². The minimum atomic E-state index is -0.756. The van der Waals surface area contributed by atoms with Crippen LogP contribution >= 0.6 is 0 Å². The van der Waals surface area contributed by atoms with Gasteiger partial charge in [-0.2, -0.15) is 0 Å². The molecule has 0 spiro atoms. The zero-order valence-electron chi connectivity index (χ0n) is 13.8. The molecule has 3 aromatic rings. The molecule has 1 atom stereocenters. The smallest absolute Gasteiger partial charge is 0.227 e. The van der Waals surface area contributed by atoms with E-state index in [1.165, 1.54) is 12.1 Å². The first kappa shape index (κ1) is 16.9. The Morgan fingerprint density at radius 1 is 1.08 bits per heavy atom. The predicted molar refractivity (Wildman–Crippen MR) is 91.1 cm³/mol. The Labute approximate surface area is 144 Å². The standard InChI is InChI=1S/C19H17FN2O3/c1-12(23)13-5-6-18(16(20)10-13)25-19-14(4-3-8-22-19)15-11-21-9-7-17(15)24-2/h3-12,23H,1-2H3. The second kappa shape index (κ2) is 7.27. The molecule has 0 aliphatic carbocycles. The summed E-state index contributed by atoms with van der Waals surface area (Å²) in [6.45, 7) is 1.57. The molecule has 0 fully saturated rings. The molecule has 5 nitrogen and oxygen atoms in total. The molecule has 1 unspecified atom stereocenters. The number of hydrogen-bond donors (Lipinski definition) is 1. The van der Waals surface area contributed by atoms with Crippen LogP contribution in [0.25, 0.3) is 11.1 Å². The van der Waals surface area contributed by atoms with Crippen molar-refractivity contribution in [3.8, 4) is 28.5 Å². The van der Waals surface area contributed by atoms with Crippen LogP contribution in [0.5, 0.6) is 17.4 Å². The maximum atomic E-state index is 14.3. The highest BCUT2D eigenvalue weighted by molar-refractivity contribution is 5.73. The number of halogens is 1. The van der Waals surface area contributed by atoms with Crippen LogP contribution in [0.3, 0.4) is 0 Å². The lowest BCUT2D eigenvalue weighted by Crippen LogP contribution is -1.97. The van der Waals surface area contributed by atoms with E-state index in [0.29, 0.717) is 22.4 Å². The SMILES string of the molecule is COc1ccncc1-c1cccnc1Oc1ccc(C(C)O)cc1F. The Morgan fingerprint density at radius 2 is 1.92 bits per heavy atom. The molecule has 6 heteroatoms. The van der Waals surface area contributed by atoms with Gasteiger partial charge in [-0.1, -0.05) is 6.07 Å². The molecule has 0 saturated heterocycles. The number of aliphatic hydroxyl groups excluding tert-OH is 1. The lowest BCUT2D eigenvalue weighted by Gasteiger charge is -2.13. The number of ether oxygens (including phenoxy) is 2. The van der Waals surface area contributed by atoms with Gasteiger partial charge in [-0.3, -0.25) is 4.98 Å². The van der Waals surface area contributed by atoms with E-state index in [9.17, 15) is 9.50 Å². The van der Waals surface area contributed by atoms with Gasteiger partial charge in [0.05, 0.1) is 13.2 Å². The zero-order chi connectivity index (χ0) is 17.8. The summed E-state index contributed by atoms with van der Waals surface area (Å²) in [7, 11) is 1.56. The molecule has 0 saturated carbocycles. The third-order valence-corrected chi connectivity index (χ3v) is 3.71. The third kappa shape index (κ3) is 3.59. The van der Waals surface area contributed by atoms with Gasteiger partial charge in [0.15, 0.2) is 11.6 Å². The van der Waals surface area contributed by atoms with E-state index in [2.05, 4.69) is 9.97 Å². The Morgan fingerprint density at radius 3 is 2.64 bits per heavy atom. The molecule has 2 heterocycles. The van der Waals surface area contributed by atoms with Crippen LogP contribution in [-0.4, -0.2) is 22.2 Å². The molecule has 0 bridgehead atoms. The molecule has 1 aromatic carbocycles. The van der Waals surface area contributed by atoms with Crippen molar-refractivity contribution in [3.63, 3.8) is 0 Å². The predicted octanol–water partition coefficient (Wildman–Crippen LogP) is 4.14. The number of nitrogens with zero attached hydrogens (tertiary/aromatic N) is 2. The molecule has 25 heavy (non-hydrogen) atoms. The summed E-state index contributed by atoms with van der Waals surface area (Å²) in [6.07, 6.45) is 4.06. The molecule has 2 aromatic heterocycles. The summed E-state index contributed by atoms with van der Waals surface area (Å²) >= 11 is 0.